The summed E-state index contributed by atoms with van der Waals surface area (Å²) in [6.07, 6.45) is 0. The molecule has 0 saturated heterocycles. The number of nitrogen functional groups attached to an aromatic ring is 2. The third-order valence-corrected chi connectivity index (χ3v) is 5.26. The van der Waals surface area contributed by atoms with Gasteiger partial charge in [0.05, 0.1) is 33.4 Å². The lowest BCUT2D eigenvalue weighted by Crippen LogP contribution is -1.91. The number of nitrogens with two attached hydrogens (primary N) is 2. The van der Waals surface area contributed by atoms with E-state index in [0.29, 0.717) is 0 Å². The van der Waals surface area contributed by atoms with E-state index in [0.717, 1.165) is 55.0 Å². The molecular weight excluding hydrogens is 455 g/mol. The Bertz CT molecular complexity index is 1310. The van der Waals surface area contributed by atoms with E-state index in [1.807, 2.05) is 97.1 Å². The number of fused-ring (bicyclic) bond motifs is 4. The molecule has 0 fully saturated rings. The summed E-state index contributed by atoms with van der Waals surface area (Å²) < 4.78 is 0. The normalized spacial score (nSPS) is 9.94. The van der Waals surface area contributed by atoms with Crippen LogP contribution in [-0.4, -0.2) is 15.4 Å². The van der Waals surface area contributed by atoms with Gasteiger partial charge >= 0.3 is 0 Å². The molecular formula is C26H24Cl2N4O. The van der Waals surface area contributed by atoms with Crippen LogP contribution in [0, 0.1) is 0 Å². The first-order valence-corrected chi connectivity index (χ1v) is 9.78. The van der Waals surface area contributed by atoms with Gasteiger partial charge in [-0.3, -0.25) is 0 Å². The van der Waals surface area contributed by atoms with E-state index in [2.05, 4.69) is 9.97 Å². The fourth-order valence-corrected chi connectivity index (χ4v) is 3.75. The van der Waals surface area contributed by atoms with Gasteiger partial charge in [0.2, 0.25) is 0 Å². The molecule has 0 atom stereocenters. The van der Waals surface area contributed by atoms with Crippen LogP contribution in [0.15, 0.2) is 97.1 Å². The van der Waals surface area contributed by atoms with Crippen molar-refractivity contribution in [3.05, 3.63) is 97.1 Å². The first-order chi connectivity index (χ1) is 14.7. The molecule has 6 N–H and O–H groups in total. The van der Waals surface area contributed by atoms with E-state index in [9.17, 15) is 0 Å². The highest BCUT2D eigenvalue weighted by molar-refractivity contribution is 6.07. The zero-order valence-electron chi connectivity index (χ0n) is 17.6. The third-order valence-electron chi connectivity index (χ3n) is 5.26. The second-order valence-electron chi connectivity index (χ2n) is 7.12. The Hall–Kier alpha value is -3.64. The number of aromatic nitrogens is 2. The molecule has 0 radical (unpaired) electrons. The van der Waals surface area contributed by atoms with Crippen LogP contribution in [0.5, 0.6) is 0 Å². The van der Waals surface area contributed by atoms with Gasteiger partial charge < -0.3 is 16.9 Å². The number of hydrogen-bond donors (Lipinski definition) is 2. The molecule has 6 rings (SSSR count). The minimum absolute atomic E-state index is 0. The third kappa shape index (κ3) is 4.76. The number of rotatable bonds is 0. The van der Waals surface area contributed by atoms with Crippen molar-refractivity contribution >= 4 is 79.8 Å². The molecule has 6 aromatic rings. The number of anilines is 2. The van der Waals surface area contributed by atoms with E-state index in [-0.39, 0.29) is 30.3 Å². The molecule has 5 nitrogen and oxygen atoms in total. The predicted molar refractivity (Wildman–Crippen MR) is 145 cm³/mol. The SMILES string of the molecule is Cl.Cl.Nc1c2ccccc2nc2ccccc12.Nc1c2ccccc2nc2ccccc12.O. The van der Waals surface area contributed by atoms with Crippen LogP contribution in [0.4, 0.5) is 11.4 Å². The second-order valence-corrected chi connectivity index (χ2v) is 7.12. The first kappa shape index (κ1) is 25.6. The number of hydrogen-bond acceptors (Lipinski definition) is 4. The topological polar surface area (TPSA) is 109 Å². The monoisotopic (exact) mass is 478 g/mol. The molecule has 2 aromatic heterocycles. The van der Waals surface area contributed by atoms with Crippen LogP contribution in [0.1, 0.15) is 0 Å². The van der Waals surface area contributed by atoms with Gasteiger partial charge in [-0.1, -0.05) is 72.8 Å². The quantitative estimate of drug-likeness (QED) is 0.262. The lowest BCUT2D eigenvalue weighted by Gasteiger charge is -2.05. The molecule has 7 heteroatoms. The summed E-state index contributed by atoms with van der Waals surface area (Å²) in [5.41, 5.74) is 17.7. The number of pyridine rings is 2. The molecule has 0 bridgehead atoms. The number of para-hydroxylation sites is 4. The lowest BCUT2D eigenvalue weighted by atomic mass is 10.1. The Labute approximate surface area is 203 Å². The van der Waals surface area contributed by atoms with Gasteiger partial charge in [0.25, 0.3) is 0 Å². The Morgan fingerprint density at radius 2 is 0.606 bits per heavy atom. The lowest BCUT2D eigenvalue weighted by molar-refractivity contribution is 0.824. The standard InChI is InChI=1S/2C13H10N2.2ClH.H2O/c2*14-13-9-5-1-3-7-11(9)15-12-8-4-2-6-10(12)13;;;/h2*1-8H,(H2,14,15);2*1H;1H2. The molecule has 168 valence electrons. The van der Waals surface area contributed by atoms with Crippen LogP contribution in [0.3, 0.4) is 0 Å². The van der Waals surface area contributed by atoms with Crippen LogP contribution in [0.25, 0.3) is 43.6 Å². The molecule has 0 aliphatic heterocycles. The Morgan fingerprint density at radius 1 is 0.394 bits per heavy atom. The maximum Gasteiger partial charge on any atom is 0.0730 e. The summed E-state index contributed by atoms with van der Waals surface area (Å²) in [6, 6.07) is 31.8. The Kier molecular flexibility index (Phi) is 8.38. The van der Waals surface area contributed by atoms with Crippen molar-refractivity contribution in [1.29, 1.82) is 0 Å². The molecule has 0 aliphatic rings. The van der Waals surface area contributed by atoms with Crippen molar-refractivity contribution in [3.63, 3.8) is 0 Å². The summed E-state index contributed by atoms with van der Waals surface area (Å²) in [5, 5.41) is 4.10. The van der Waals surface area contributed by atoms with E-state index in [4.69, 9.17) is 11.5 Å². The van der Waals surface area contributed by atoms with Crippen molar-refractivity contribution < 1.29 is 5.48 Å². The van der Waals surface area contributed by atoms with E-state index in [1.54, 1.807) is 0 Å². The summed E-state index contributed by atoms with van der Waals surface area (Å²) >= 11 is 0. The summed E-state index contributed by atoms with van der Waals surface area (Å²) in [4.78, 5) is 9.12. The molecule has 0 aliphatic carbocycles. The average Bonchev–Trinajstić information content (AvgIpc) is 2.80. The van der Waals surface area contributed by atoms with Gasteiger partial charge in [0.15, 0.2) is 0 Å². The van der Waals surface area contributed by atoms with Crippen molar-refractivity contribution in [3.8, 4) is 0 Å². The van der Waals surface area contributed by atoms with Crippen LogP contribution < -0.4 is 11.5 Å². The van der Waals surface area contributed by atoms with Gasteiger partial charge in [0.1, 0.15) is 0 Å². The van der Waals surface area contributed by atoms with E-state index < -0.39 is 0 Å². The van der Waals surface area contributed by atoms with Crippen molar-refractivity contribution in [2.45, 2.75) is 0 Å². The van der Waals surface area contributed by atoms with Crippen LogP contribution in [-0.2, 0) is 0 Å². The van der Waals surface area contributed by atoms with E-state index >= 15 is 0 Å². The highest BCUT2D eigenvalue weighted by Gasteiger charge is 2.05. The van der Waals surface area contributed by atoms with Gasteiger partial charge in [-0.15, -0.1) is 24.8 Å². The molecule has 0 spiro atoms. The molecule has 4 aromatic carbocycles. The Balaban J connectivity index is 0.000000214. The van der Waals surface area contributed by atoms with Gasteiger partial charge in [0, 0.05) is 21.5 Å². The fourth-order valence-electron chi connectivity index (χ4n) is 3.75. The van der Waals surface area contributed by atoms with Gasteiger partial charge in [-0.2, -0.15) is 0 Å². The molecule has 0 saturated carbocycles. The van der Waals surface area contributed by atoms with Crippen molar-refractivity contribution in [2.24, 2.45) is 0 Å². The number of halogens is 2. The zero-order chi connectivity index (χ0) is 20.5. The second kappa shape index (κ2) is 10.8. The maximum atomic E-state index is 6.11. The zero-order valence-corrected chi connectivity index (χ0v) is 19.2. The molecule has 0 unspecified atom stereocenters. The van der Waals surface area contributed by atoms with Gasteiger partial charge in [-0.25, -0.2) is 9.97 Å². The molecule has 2 heterocycles. The summed E-state index contributed by atoms with van der Waals surface area (Å²) in [7, 11) is 0. The Morgan fingerprint density at radius 3 is 0.848 bits per heavy atom. The smallest absolute Gasteiger partial charge is 0.0730 e. The van der Waals surface area contributed by atoms with E-state index in [1.165, 1.54) is 0 Å². The highest BCUT2D eigenvalue weighted by atomic mass is 35.5. The van der Waals surface area contributed by atoms with Crippen LogP contribution >= 0.6 is 24.8 Å². The van der Waals surface area contributed by atoms with Crippen molar-refractivity contribution in [2.75, 3.05) is 11.5 Å². The molecule has 33 heavy (non-hydrogen) atoms. The summed E-state index contributed by atoms with van der Waals surface area (Å²) in [6.45, 7) is 0. The molecule has 0 amide bonds. The number of benzene rings is 4. The average molecular weight is 479 g/mol. The number of nitrogens with zero attached hydrogens (tertiary/aromatic N) is 2. The van der Waals surface area contributed by atoms with Crippen molar-refractivity contribution in [1.82, 2.24) is 9.97 Å². The first-order valence-electron chi connectivity index (χ1n) is 9.78. The largest absolute Gasteiger partial charge is 0.412 e. The van der Waals surface area contributed by atoms with Crippen LogP contribution in [0.2, 0.25) is 0 Å². The minimum Gasteiger partial charge on any atom is -0.412 e. The predicted octanol–water partition coefficient (Wildman–Crippen LogP) is 5.96. The van der Waals surface area contributed by atoms with Gasteiger partial charge in [-0.05, 0) is 24.3 Å². The highest BCUT2D eigenvalue weighted by Crippen LogP contribution is 2.28. The summed E-state index contributed by atoms with van der Waals surface area (Å²) in [5.74, 6) is 0. The maximum absolute atomic E-state index is 6.11. The fraction of sp³-hybridized carbons (Fsp3) is 0. The minimum atomic E-state index is 0.